The van der Waals surface area contributed by atoms with Gasteiger partial charge in [0.1, 0.15) is 0 Å². The Labute approximate surface area is 171 Å². The number of nitrogens with one attached hydrogen (secondary N) is 2. The number of anilines is 1. The van der Waals surface area contributed by atoms with Crippen LogP contribution in [-0.2, 0) is 11.2 Å². The molecule has 1 aromatic carbocycles. The lowest BCUT2D eigenvalue weighted by Crippen LogP contribution is -2.31. The van der Waals surface area contributed by atoms with Gasteiger partial charge in [-0.2, -0.15) is 0 Å². The summed E-state index contributed by atoms with van der Waals surface area (Å²) < 4.78 is 0. The Morgan fingerprint density at radius 3 is 2.64 bits per heavy atom. The molecule has 2 aromatic heterocycles. The maximum Gasteiger partial charge on any atom is 0.267 e. The molecule has 3 aromatic rings. The first-order chi connectivity index (χ1) is 13.6. The van der Waals surface area contributed by atoms with E-state index in [2.05, 4.69) is 46.8 Å². The summed E-state index contributed by atoms with van der Waals surface area (Å²) in [5.74, 6) is 0.301. The molecule has 5 nitrogen and oxygen atoms in total. The van der Waals surface area contributed by atoms with Crippen molar-refractivity contribution in [2.45, 2.75) is 32.2 Å². The molecule has 1 aliphatic rings. The van der Waals surface area contributed by atoms with Crippen LogP contribution in [0.15, 0.2) is 47.2 Å². The predicted molar refractivity (Wildman–Crippen MR) is 113 cm³/mol. The van der Waals surface area contributed by atoms with Gasteiger partial charge in [-0.15, -0.1) is 22.7 Å². The summed E-state index contributed by atoms with van der Waals surface area (Å²) in [4.78, 5) is 29.7. The van der Waals surface area contributed by atoms with E-state index in [1.165, 1.54) is 28.2 Å². The molecule has 1 saturated carbocycles. The van der Waals surface area contributed by atoms with Crippen LogP contribution in [0.1, 0.15) is 45.4 Å². The van der Waals surface area contributed by atoms with Gasteiger partial charge in [0.05, 0.1) is 23.0 Å². The Bertz CT molecular complexity index is 960. The van der Waals surface area contributed by atoms with Gasteiger partial charge in [0.15, 0.2) is 5.13 Å². The highest BCUT2D eigenvalue weighted by Gasteiger charge is 2.33. The Hall–Kier alpha value is -2.51. The zero-order chi connectivity index (χ0) is 19.5. The van der Waals surface area contributed by atoms with E-state index in [9.17, 15) is 9.59 Å². The number of nitrogens with zero attached hydrogens (tertiary/aromatic N) is 1. The van der Waals surface area contributed by atoms with Crippen LogP contribution in [0.25, 0.3) is 0 Å². The van der Waals surface area contributed by atoms with Gasteiger partial charge in [0.2, 0.25) is 5.91 Å². The molecular formula is C21H21N3O2S2. The smallest absolute Gasteiger partial charge is 0.267 e. The standard InChI is InChI=1S/C21H21N3O2S2/c1-13-4-6-14(7-5-13)19(15-8-9-15)23-18(25)11-16-12-28-21(22-16)24-20(26)17-3-2-10-27-17/h2-7,10,12,15,19H,8-9,11H2,1H3,(H,23,25)(H,22,24,26). The van der Waals surface area contributed by atoms with E-state index in [4.69, 9.17) is 0 Å². The van der Waals surface area contributed by atoms with Gasteiger partial charge in [-0.1, -0.05) is 35.9 Å². The van der Waals surface area contributed by atoms with Gasteiger partial charge in [0, 0.05) is 5.38 Å². The van der Waals surface area contributed by atoms with E-state index in [1.807, 2.05) is 16.8 Å². The van der Waals surface area contributed by atoms with Crippen LogP contribution in [0.3, 0.4) is 0 Å². The third kappa shape index (κ3) is 4.66. The second-order valence-electron chi connectivity index (χ2n) is 7.05. The first-order valence-corrected chi connectivity index (χ1v) is 11.0. The first kappa shape index (κ1) is 18.8. The minimum atomic E-state index is -0.173. The predicted octanol–water partition coefficient (Wildman–Crippen LogP) is 4.58. The van der Waals surface area contributed by atoms with Crippen molar-refractivity contribution >= 4 is 39.6 Å². The number of hydrogen-bond acceptors (Lipinski definition) is 5. The quantitative estimate of drug-likeness (QED) is 0.598. The number of rotatable bonds is 7. The fourth-order valence-corrected chi connectivity index (χ4v) is 4.40. The summed E-state index contributed by atoms with van der Waals surface area (Å²) in [7, 11) is 0. The van der Waals surface area contributed by atoms with E-state index in [0.29, 0.717) is 21.6 Å². The van der Waals surface area contributed by atoms with Crippen LogP contribution < -0.4 is 10.6 Å². The third-order valence-corrected chi connectivity index (χ3v) is 6.38. The maximum atomic E-state index is 12.6. The number of amides is 2. The van der Waals surface area contributed by atoms with Crippen LogP contribution in [0.4, 0.5) is 5.13 Å². The highest BCUT2D eigenvalue weighted by atomic mass is 32.1. The van der Waals surface area contributed by atoms with Crippen molar-refractivity contribution in [3.8, 4) is 0 Å². The minimum absolute atomic E-state index is 0.0427. The molecule has 1 fully saturated rings. The van der Waals surface area contributed by atoms with Crippen molar-refractivity contribution in [2.24, 2.45) is 5.92 Å². The first-order valence-electron chi connectivity index (χ1n) is 9.23. The lowest BCUT2D eigenvalue weighted by Gasteiger charge is -2.19. The molecule has 4 rings (SSSR count). The van der Waals surface area contributed by atoms with Crippen molar-refractivity contribution in [2.75, 3.05) is 5.32 Å². The van der Waals surface area contributed by atoms with Gasteiger partial charge in [-0.25, -0.2) is 4.98 Å². The summed E-state index contributed by atoms with van der Waals surface area (Å²) >= 11 is 2.72. The summed E-state index contributed by atoms with van der Waals surface area (Å²) in [5.41, 5.74) is 3.04. The average molecular weight is 412 g/mol. The molecule has 0 aliphatic heterocycles. The summed E-state index contributed by atoms with van der Waals surface area (Å²) in [6.45, 7) is 2.06. The van der Waals surface area contributed by atoms with Crippen molar-refractivity contribution < 1.29 is 9.59 Å². The van der Waals surface area contributed by atoms with E-state index >= 15 is 0 Å². The second-order valence-corrected chi connectivity index (χ2v) is 8.85. The lowest BCUT2D eigenvalue weighted by atomic mass is 10.0. The number of benzene rings is 1. The third-order valence-electron chi connectivity index (χ3n) is 4.71. The number of thiazole rings is 1. The van der Waals surface area contributed by atoms with Crippen molar-refractivity contribution in [1.82, 2.24) is 10.3 Å². The van der Waals surface area contributed by atoms with E-state index < -0.39 is 0 Å². The fourth-order valence-electron chi connectivity index (χ4n) is 3.08. The average Bonchev–Trinajstić information content (AvgIpc) is 3.18. The number of aryl methyl sites for hydroxylation is 1. The molecule has 0 bridgehead atoms. The highest BCUT2D eigenvalue weighted by Crippen LogP contribution is 2.41. The van der Waals surface area contributed by atoms with Crippen LogP contribution in [0.2, 0.25) is 0 Å². The van der Waals surface area contributed by atoms with Crippen LogP contribution in [-0.4, -0.2) is 16.8 Å². The Morgan fingerprint density at radius 2 is 1.96 bits per heavy atom. The topological polar surface area (TPSA) is 71.1 Å². The fraction of sp³-hybridized carbons (Fsp3) is 0.286. The van der Waals surface area contributed by atoms with Gasteiger partial charge in [-0.05, 0) is 42.7 Å². The van der Waals surface area contributed by atoms with Gasteiger partial charge in [-0.3, -0.25) is 14.9 Å². The van der Waals surface area contributed by atoms with Gasteiger partial charge >= 0.3 is 0 Å². The summed E-state index contributed by atoms with van der Waals surface area (Å²) in [6, 6.07) is 12.0. The SMILES string of the molecule is Cc1ccc(C(NC(=O)Cc2csc(NC(=O)c3cccs3)n2)C2CC2)cc1. The van der Waals surface area contributed by atoms with E-state index in [-0.39, 0.29) is 24.3 Å². The maximum absolute atomic E-state index is 12.6. The molecule has 1 unspecified atom stereocenters. The van der Waals surface area contributed by atoms with E-state index in [0.717, 1.165) is 18.4 Å². The molecule has 1 aliphatic carbocycles. The van der Waals surface area contributed by atoms with Crippen LogP contribution >= 0.6 is 22.7 Å². The largest absolute Gasteiger partial charge is 0.349 e. The minimum Gasteiger partial charge on any atom is -0.349 e. The van der Waals surface area contributed by atoms with Crippen LogP contribution in [0, 0.1) is 12.8 Å². The zero-order valence-corrected chi connectivity index (χ0v) is 17.1. The van der Waals surface area contributed by atoms with Crippen molar-refractivity contribution in [1.29, 1.82) is 0 Å². The van der Waals surface area contributed by atoms with Gasteiger partial charge in [0.25, 0.3) is 5.91 Å². The molecule has 1 atom stereocenters. The second kappa shape index (κ2) is 8.24. The van der Waals surface area contributed by atoms with Crippen LogP contribution in [0.5, 0.6) is 0 Å². The lowest BCUT2D eigenvalue weighted by molar-refractivity contribution is -0.121. The highest BCUT2D eigenvalue weighted by molar-refractivity contribution is 7.14. The molecule has 2 amide bonds. The summed E-state index contributed by atoms with van der Waals surface area (Å²) in [5, 5.41) is 10.2. The monoisotopic (exact) mass is 411 g/mol. The molecule has 2 N–H and O–H groups in total. The number of hydrogen-bond donors (Lipinski definition) is 2. The Morgan fingerprint density at radius 1 is 1.18 bits per heavy atom. The normalized spacial score (nSPS) is 14.5. The van der Waals surface area contributed by atoms with Gasteiger partial charge < -0.3 is 5.32 Å². The molecule has 0 radical (unpaired) electrons. The molecule has 144 valence electrons. The zero-order valence-electron chi connectivity index (χ0n) is 15.5. The number of carbonyl (C=O) groups excluding carboxylic acids is 2. The number of thiophene rings is 1. The molecule has 0 spiro atoms. The Balaban J connectivity index is 1.36. The molecule has 7 heteroatoms. The Kier molecular flexibility index (Phi) is 5.54. The molecule has 28 heavy (non-hydrogen) atoms. The summed E-state index contributed by atoms with van der Waals surface area (Å²) in [6.07, 6.45) is 2.50. The van der Waals surface area contributed by atoms with Crippen molar-refractivity contribution in [3.05, 3.63) is 68.9 Å². The molecular weight excluding hydrogens is 390 g/mol. The molecule has 2 heterocycles. The van der Waals surface area contributed by atoms with E-state index in [1.54, 1.807) is 6.07 Å². The number of aromatic nitrogens is 1. The van der Waals surface area contributed by atoms with Crippen molar-refractivity contribution in [3.63, 3.8) is 0 Å². The number of carbonyl (C=O) groups is 2. The molecule has 0 saturated heterocycles.